The summed E-state index contributed by atoms with van der Waals surface area (Å²) in [7, 11) is 0. The van der Waals surface area contributed by atoms with Crippen molar-refractivity contribution in [1.29, 1.82) is 0 Å². The number of hydrogen-bond acceptors (Lipinski definition) is 6. The first-order valence-corrected chi connectivity index (χ1v) is 9.37. The summed E-state index contributed by atoms with van der Waals surface area (Å²) in [6.07, 6.45) is 1.52. The van der Waals surface area contributed by atoms with Gasteiger partial charge in [0.15, 0.2) is 17.0 Å². The molecule has 0 unspecified atom stereocenters. The fourth-order valence-electron chi connectivity index (χ4n) is 3.18. The number of carbonyl (C=O) groups excluding carboxylic acids is 1. The Morgan fingerprint density at radius 3 is 2.67 bits per heavy atom. The Hall–Kier alpha value is -2.45. The summed E-state index contributed by atoms with van der Waals surface area (Å²) in [5, 5.41) is 9.23. The fraction of sp³-hybridized carbons (Fsp3) is 0.353. The molecule has 0 saturated carbocycles. The molecule has 1 aliphatic heterocycles. The number of amides is 1. The highest BCUT2D eigenvalue weighted by atomic mass is 35.5. The van der Waals surface area contributed by atoms with Crippen molar-refractivity contribution in [3.63, 3.8) is 0 Å². The molecule has 1 saturated heterocycles. The Bertz CT molecular complexity index is 998. The maximum Gasteiger partial charge on any atom is 0.255 e. The minimum absolute atomic E-state index is 0.119. The van der Waals surface area contributed by atoms with Gasteiger partial charge in [-0.2, -0.15) is 0 Å². The summed E-state index contributed by atoms with van der Waals surface area (Å²) in [5.41, 5.74) is 1.82. The van der Waals surface area contributed by atoms with Crippen LogP contribution in [0.5, 0.6) is 0 Å². The molecule has 0 N–H and O–H groups in total. The van der Waals surface area contributed by atoms with Gasteiger partial charge in [-0.3, -0.25) is 4.79 Å². The Kier molecular flexibility index (Phi) is 4.84. The van der Waals surface area contributed by atoms with Crippen LogP contribution in [0.2, 0.25) is 10.0 Å². The zero-order valence-corrected chi connectivity index (χ0v) is 16.2. The molecule has 0 bridgehead atoms. The SMILES string of the molecule is CCn1nnc2c(N3CCN(C(=O)c4cc(Cl)ccc4Cl)CC3)ncnc21. The molecule has 3 aromatic rings. The quantitative estimate of drug-likeness (QED) is 0.665. The number of rotatable bonds is 3. The van der Waals surface area contributed by atoms with E-state index in [1.807, 2.05) is 6.92 Å². The third-order valence-electron chi connectivity index (χ3n) is 4.61. The molecule has 1 aromatic carbocycles. The third kappa shape index (κ3) is 3.30. The Balaban J connectivity index is 1.52. The summed E-state index contributed by atoms with van der Waals surface area (Å²) < 4.78 is 1.74. The molecule has 4 rings (SSSR count). The maximum absolute atomic E-state index is 12.8. The fourth-order valence-corrected chi connectivity index (χ4v) is 3.55. The van der Waals surface area contributed by atoms with Gasteiger partial charge < -0.3 is 9.80 Å². The van der Waals surface area contributed by atoms with E-state index in [1.54, 1.807) is 27.8 Å². The van der Waals surface area contributed by atoms with Crippen LogP contribution < -0.4 is 4.90 Å². The molecule has 1 fully saturated rings. The lowest BCUT2D eigenvalue weighted by atomic mass is 10.1. The van der Waals surface area contributed by atoms with Crippen LogP contribution in [-0.4, -0.2) is 61.9 Å². The maximum atomic E-state index is 12.8. The molecule has 0 spiro atoms. The highest BCUT2D eigenvalue weighted by Gasteiger charge is 2.26. The minimum Gasteiger partial charge on any atom is -0.351 e. The van der Waals surface area contributed by atoms with Gasteiger partial charge in [-0.1, -0.05) is 28.4 Å². The van der Waals surface area contributed by atoms with Crippen molar-refractivity contribution in [2.75, 3.05) is 31.1 Å². The highest BCUT2D eigenvalue weighted by Crippen LogP contribution is 2.25. The van der Waals surface area contributed by atoms with E-state index in [0.717, 1.165) is 5.82 Å². The molecular weight excluding hydrogens is 389 g/mol. The van der Waals surface area contributed by atoms with Crippen LogP contribution in [-0.2, 0) is 6.54 Å². The van der Waals surface area contributed by atoms with Crippen LogP contribution in [0.25, 0.3) is 11.2 Å². The van der Waals surface area contributed by atoms with Crippen LogP contribution in [0.4, 0.5) is 5.82 Å². The van der Waals surface area contributed by atoms with E-state index in [0.29, 0.717) is 59.5 Å². The van der Waals surface area contributed by atoms with Gasteiger partial charge in [-0.25, -0.2) is 14.6 Å². The first kappa shape index (κ1) is 17.9. The number of carbonyl (C=O) groups is 1. The van der Waals surface area contributed by atoms with E-state index in [1.165, 1.54) is 6.33 Å². The van der Waals surface area contributed by atoms with Crippen molar-refractivity contribution in [1.82, 2.24) is 29.9 Å². The predicted molar refractivity (Wildman–Crippen MR) is 103 cm³/mol. The molecule has 1 amide bonds. The smallest absolute Gasteiger partial charge is 0.255 e. The molecule has 140 valence electrons. The van der Waals surface area contributed by atoms with Gasteiger partial charge in [0.2, 0.25) is 0 Å². The van der Waals surface area contributed by atoms with E-state index in [9.17, 15) is 4.79 Å². The van der Waals surface area contributed by atoms with E-state index < -0.39 is 0 Å². The van der Waals surface area contributed by atoms with Crippen molar-refractivity contribution >= 4 is 46.1 Å². The summed E-state index contributed by atoms with van der Waals surface area (Å²) in [4.78, 5) is 25.3. The van der Waals surface area contributed by atoms with Gasteiger partial charge in [0.1, 0.15) is 6.33 Å². The average Bonchev–Trinajstić information content (AvgIpc) is 3.13. The van der Waals surface area contributed by atoms with Crippen molar-refractivity contribution in [2.45, 2.75) is 13.5 Å². The van der Waals surface area contributed by atoms with Gasteiger partial charge >= 0.3 is 0 Å². The van der Waals surface area contributed by atoms with Crippen molar-refractivity contribution in [3.8, 4) is 0 Å². The predicted octanol–water partition coefficient (Wildman–Crippen LogP) is 2.51. The average molecular weight is 406 g/mol. The Morgan fingerprint density at radius 1 is 1.15 bits per heavy atom. The first-order chi connectivity index (χ1) is 13.1. The van der Waals surface area contributed by atoms with E-state index in [2.05, 4.69) is 25.2 Å². The zero-order valence-electron chi connectivity index (χ0n) is 14.6. The molecule has 8 nitrogen and oxygen atoms in total. The van der Waals surface area contributed by atoms with Gasteiger partial charge in [-0.15, -0.1) is 5.10 Å². The second-order valence-electron chi connectivity index (χ2n) is 6.18. The molecule has 0 aliphatic carbocycles. The van der Waals surface area contributed by atoms with Gasteiger partial charge in [0.25, 0.3) is 5.91 Å². The number of fused-ring (bicyclic) bond motifs is 1. The van der Waals surface area contributed by atoms with E-state index in [4.69, 9.17) is 23.2 Å². The molecule has 27 heavy (non-hydrogen) atoms. The van der Waals surface area contributed by atoms with Crippen LogP contribution in [0.1, 0.15) is 17.3 Å². The number of hydrogen-bond donors (Lipinski definition) is 0. The Morgan fingerprint density at radius 2 is 1.93 bits per heavy atom. The number of benzene rings is 1. The summed E-state index contributed by atoms with van der Waals surface area (Å²) in [6, 6.07) is 4.92. The molecule has 3 heterocycles. The van der Waals surface area contributed by atoms with E-state index in [-0.39, 0.29) is 5.91 Å². The third-order valence-corrected chi connectivity index (χ3v) is 5.17. The zero-order chi connectivity index (χ0) is 19.0. The van der Waals surface area contributed by atoms with Crippen LogP contribution in [0, 0.1) is 0 Å². The second kappa shape index (κ2) is 7.28. The molecule has 10 heteroatoms. The van der Waals surface area contributed by atoms with Crippen molar-refractivity contribution in [3.05, 3.63) is 40.1 Å². The lowest BCUT2D eigenvalue weighted by molar-refractivity contribution is 0.0747. The minimum atomic E-state index is -0.119. The monoisotopic (exact) mass is 405 g/mol. The van der Waals surface area contributed by atoms with Crippen LogP contribution in [0.15, 0.2) is 24.5 Å². The lowest BCUT2D eigenvalue weighted by Crippen LogP contribution is -2.49. The molecular formula is C17H17Cl2N7O. The number of aryl methyl sites for hydroxylation is 1. The largest absolute Gasteiger partial charge is 0.351 e. The number of halogens is 2. The standard InChI is InChI=1S/C17H17Cl2N7O/c1-2-26-16-14(22-23-26)15(20-10-21-16)24-5-7-25(8-6-24)17(27)12-9-11(18)3-4-13(12)19/h3-4,9-10H,2,5-8H2,1H3. The highest BCUT2D eigenvalue weighted by molar-refractivity contribution is 6.35. The van der Waals surface area contributed by atoms with Gasteiger partial charge in [-0.05, 0) is 25.1 Å². The van der Waals surface area contributed by atoms with Crippen LogP contribution >= 0.6 is 23.2 Å². The normalized spacial score (nSPS) is 14.8. The second-order valence-corrected chi connectivity index (χ2v) is 7.02. The summed E-state index contributed by atoms with van der Waals surface area (Å²) in [5.74, 6) is 0.625. The summed E-state index contributed by atoms with van der Waals surface area (Å²) >= 11 is 12.2. The van der Waals surface area contributed by atoms with Gasteiger partial charge in [0.05, 0.1) is 10.6 Å². The first-order valence-electron chi connectivity index (χ1n) is 8.62. The van der Waals surface area contributed by atoms with Crippen molar-refractivity contribution < 1.29 is 4.79 Å². The Labute approximate surface area is 165 Å². The lowest BCUT2D eigenvalue weighted by Gasteiger charge is -2.35. The summed E-state index contributed by atoms with van der Waals surface area (Å²) in [6.45, 7) is 5.05. The number of aromatic nitrogens is 5. The molecule has 2 aromatic heterocycles. The number of piperazine rings is 1. The van der Waals surface area contributed by atoms with Crippen LogP contribution in [0.3, 0.4) is 0 Å². The molecule has 0 radical (unpaired) electrons. The molecule has 0 atom stereocenters. The number of anilines is 1. The van der Waals surface area contributed by atoms with Crippen molar-refractivity contribution in [2.24, 2.45) is 0 Å². The van der Waals surface area contributed by atoms with Gasteiger partial charge in [0, 0.05) is 37.7 Å². The molecule has 1 aliphatic rings. The number of nitrogens with zero attached hydrogens (tertiary/aromatic N) is 7. The topological polar surface area (TPSA) is 80.0 Å². The van der Waals surface area contributed by atoms with E-state index >= 15 is 0 Å².